The lowest BCUT2D eigenvalue weighted by molar-refractivity contribution is 0.300. The van der Waals surface area contributed by atoms with Gasteiger partial charge in [0.2, 0.25) is 0 Å². The minimum atomic E-state index is 0.662. The van der Waals surface area contributed by atoms with Gasteiger partial charge >= 0.3 is 0 Å². The van der Waals surface area contributed by atoms with Gasteiger partial charge < -0.3 is 9.47 Å². The summed E-state index contributed by atoms with van der Waals surface area (Å²) in [5.41, 5.74) is 1.06. The van der Waals surface area contributed by atoms with Crippen molar-refractivity contribution in [2.45, 2.75) is 78.1 Å². The zero-order valence-corrected chi connectivity index (χ0v) is 17.7. The van der Waals surface area contributed by atoms with Gasteiger partial charge in [-0.3, -0.25) is 0 Å². The Balaban J connectivity index is 1.69. The van der Waals surface area contributed by atoms with Gasteiger partial charge in [0, 0.05) is 5.56 Å². The van der Waals surface area contributed by atoms with Crippen molar-refractivity contribution in [3.05, 3.63) is 24.3 Å². The van der Waals surface area contributed by atoms with E-state index < -0.39 is 0 Å². The van der Waals surface area contributed by atoms with Gasteiger partial charge in [0.1, 0.15) is 5.75 Å². The highest BCUT2D eigenvalue weighted by molar-refractivity contribution is 7.16. The first-order valence-corrected chi connectivity index (χ1v) is 11.3. The van der Waals surface area contributed by atoms with Gasteiger partial charge in [-0.2, -0.15) is 0 Å². The van der Waals surface area contributed by atoms with Crippen molar-refractivity contribution in [2.75, 3.05) is 13.2 Å². The summed E-state index contributed by atoms with van der Waals surface area (Å²) in [4.78, 5) is 0. The molecule has 27 heavy (non-hydrogen) atoms. The minimum absolute atomic E-state index is 0.662. The van der Waals surface area contributed by atoms with Crippen LogP contribution in [-0.2, 0) is 0 Å². The van der Waals surface area contributed by atoms with Crippen molar-refractivity contribution in [2.24, 2.45) is 0 Å². The highest BCUT2D eigenvalue weighted by Gasteiger charge is 2.08. The fourth-order valence-electron chi connectivity index (χ4n) is 2.84. The molecule has 0 radical (unpaired) electrons. The molecule has 0 bridgehead atoms. The number of benzene rings is 1. The van der Waals surface area contributed by atoms with E-state index in [-0.39, 0.29) is 0 Å². The Labute approximate surface area is 168 Å². The molecule has 0 atom stereocenters. The van der Waals surface area contributed by atoms with Crippen LogP contribution in [0.4, 0.5) is 0 Å². The maximum atomic E-state index is 5.79. The van der Waals surface area contributed by atoms with Crippen molar-refractivity contribution in [3.8, 4) is 21.5 Å². The van der Waals surface area contributed by atoms with Crippen LogP contribution in [0.5, 0.6) is 10.9 Å². The molecule has 2 rings (SSSR count). The molecule has 1 aromatic carbocycles. The van der Waals surface area contributed by atoms with E-state index in [4.69, 9.17) is 9.47 Å². The van der Waals surface area contributed by atoms with Crippen LogP contribution in [0.25, 0.3) is 10.6 Å². The van der Waals surface area contributed by atoms with Crippen molar-refractivity contribution in [1.29, 1.82) is 0 Å². The van der Waals surface area contributed by atoms with Crippen LogP contribution in [-0.4, -0.2) is 23.4 Å². The lowest BCUT2D eigenvalue weighted by atomic mass is 10.1. The maximum absolute atomic E-state index is 5.79. The third kappa shape index (κ3) is 8.74. The van der Waals surface area contributed by atoms with E-state index >= 15 is 0 Å². The number of hydrogen-bond donors (Lipinski definition) is 0. The predicted molar refractivity (Wildman–Crippen MR) is 114 cm³/mol. The average Bonchev–Trinajstić information content (AvgIpc) is 3.16. The van der Waals surface area contributed by atoms with E-state index in [1.54, 1.807) is 0 Å². The van der Waals surface area contributed by atoms with Crippen LogP contribution in [0.15, 0.2) is 24.3 Å². The topological polar surface area (TPSA) is 44.2 Å². The van der Waals surface area contributed by atoms with Gasteiger partial charge in [0.05, 0.1) is 13.2 Å². The van der Waals surface area contributed by atoms with Crippen LogP contribution in [0.1, 0.15) is 78.1 Å². The molecular formula is C22H34N2O2S. The number of unbranched alkanes of at least 4 members (excludes halogenated alkanes) is 8. The summed E-state index contributed by atoms with van der Waals surface area (Å²) in [6, 6.07) is 8.10. The molecule has 150 valence electrons. The highest BCUT2D eigenvalue weighted by atomic mass is 32.1. The van der Waals surface area contributed by atoms with Gasteiger partial charge in [-0.25, -0.2) is 0 Å². The molecule has 0 aliphatic carbocycles. The van der Waals surface area contributed by atoms with E-state index in [0.29, 0.717) is 5.19 Å². The second-order valence-electron chi connectivity index (χ2n) is 6.92. The predicted octanol–water partition coefficient (Wildman–Crippen LogP) is 6.90. The number of rotatable bonds is 15. The van der Waals surface area contributed by atoms with E-state index in [1.807, 2.05) is 24.3 Å². The molecule has 0 unspecified atom stereocenters. The van der Waals surface area contributed by atoms with Crippen molar-refractivity contribution >= 4 is 11.3 Å². The second-order valence-corrected chi connectivity index (χ2v) is 7.86. The molecule has 0 saturated carbocycles. The molecule has 0 aliphatic rings. The zero-order valence-electron chi connectivity index (χ0n) is 16.9. The Hall–Kier alpha value is -1.62. The molecule has 0 saturated heterocycles. The van der Waals surface area contributed by atoms with Gasteiger partial charge in [-0.05, 0) is 37.1 Å². The Bertz CT molecular complexity index is 613. The number of hydrogen-bond acceptors (Lipinski definition) is 5. The average molecular weight is 391 g/mol. The molecule has 5 heteroatoms. The molecule has 0 fully saturated rings. The maximum Gasteiger partial charge on any atom is 0.294 e. The first-order chi connectivity index (χ1) is 13.3. The van der Waals surface area contributed by atoms with E-state index in [2.05, 4.69) is 24.0 Å². The summed E-state index contributed by atoms with van der Waals surface area (Å²) in [7, 11) is 0. The Morgan fingerprint density at radius 1 is 0.704 bits per heavy atom. The summed E-state index contributed by atoms with van der Waals surface area (Å²) in [6.07, 6.45) is 12.5. The number of nitrogens with zero attached hydrogens (tertiary/aromatic N) is 2. The van der Waals surface area contributed by atoms with E-state index in [9.17, 15) is 0 Å². The summed E-state index contributed by atoms with van der Waals surface area (Å²) in [5.74, 6) is 0.916. The Morgan fingerprint density at radius 3 is 2.00 bits per heavy atom. The third-order valence-corrected chi connectivity index (χ3v) is 5.38. The van der Waals surface area contributed by atoms with Crippen LogP contribution < -0.4 is 9.47 Å². The normalized spacial score (nSPS) is 10.9. The fourth-order valence-corrected chi connectivity index (χ4v) is 3.56. The molecule has 0 aliphatic heterocycles. The standard InChI is InChI=1S/C22H34N2O2S/c1-3-5-7-9-10-12-18-26-22-24-23-21(27-22)19-13-15-20(16-14-19)25-17-11-8-6-4-2/h13-16H,3-12,17-18H2,1-2H3. The fraction of sp³-hybridized carbons (Fsp3) is 0.636. The van der Waals surface area contributed by atoms with Crippen LogP contribution in [0.3, 0.4) is 0 Å². The highest BCUT2D eigenvalue weighted by Crippen LogP contribution is 2.29. The number of ether oxygens (including phenoxy) is 2. The van der Waals surface area contributed by atoms with Gasteiger partial charge in [-0.1, -0.05) is 81.6 Å². The first kappa shape index (κ1) is 21.7. The van der Waals surface area contributed by atoms with Gasteiger partial charge in [0.25, 0.3) is 5.19 Å². The molecule has 1 aromatic heterocycles. The van der Waals surface area contributed by atoms with Crippen molar-refractivity contribution < 1.29 is 9.47 Å². The van der Waals surface area contributed by atoms with Crippen LogP contribution in [0, 0.1) is 0 Å². The summed E-state index contributed by atoms with van der Waals surface area (Å²) >= 11 is 1.51. The molecule has 2 aromatic rings. The molecule has 0 spiro atoms. The van der Waals surface area contributed by atoms with E-state index in [1.165, 1.54) is 62.7 Å². The molecular weight excluding hydrogens is 356 g/mol. The summed E-state index contributed by atoms with van der Waals surface area (Å²) < 4.78 is 11.5. The molecule has 1 heterocycles. The molecule has 4 nitrogen and oxygen atoms in total. The largest absolute Gasteiger partial charge is 0.494 e. The summed E-state index contributed by atoms with van der Waals surface area (Å²) in [5, 5.41) is 9.96. The third-order valence-electron chi connectivity index (χ3n) is 4.50. The second kappa shape index (κ2) is 13.5. The molecule has 0 amide bonds. The van der Waals surface area contributed by atoms with Gasteiger partial charge in [-0.15, -0.1) is 5.10 Å². The Kier molecular flexibility index (Phi) is 10.9. The molecule has 0 N–H and O–H groups in total. The lowest BCUT2D eigenvalue weighted by Crippen LogP contribution is -1.96. The minimum Gasteiger partial charge on any atom is -0.494 e. The lowest BCUT2D eigenvalue weighted by Gasteiger charge is -2.06. The number of aromatic nitrogens is 2. The first-order valence-electron chi connectivity index (χ1n) is 10.5. The van der Waals surface area contributed by atoms with Crippen molar-refractivity contribution in [1.82, 2.24) is 10.2 Å². The summed E-state index contributed by atoms with van der Waals surface area (Å²) in [6.45, 7) is 5.98. The van der Waals surface area contributed by atoms with Crippen LogP contribution in [0.2, 0.25) is 0 Å². The van der Waals surface area contributed by atoms with Crippen LogP contribution >= 0.6 is 11.3 Å². The zero-order chi connectivity index (χ0) is 19.2. The van der Waals surface area contributed by atoms with Crippen molar-refractivity contribution in [3.63, 3.8) is 0 Å². The quantitative estimate of drug-likeness (QED) is 0.310. The smallest absolute Gasteiger partial charge is 0.294 e. The van der Waals surface area contributed by atoms with E-state index in [0.717, 1.165) is 42.4 Å². The Morgan fingerprint density at radius 2 is 1.30 bits per heavy atom. The monoisotopic (exact) mass is 390 g/mol. The SMILES string of the molecule is CCCCCCCCOc1nnc(-c2ccc(OCCCCCC)cc2)s1. The van der Waals surface area contributed by atoms with Gasteiger partial charge in [0.15, 0.2) is 5.01 Å².